The molecule has 0 aromatic carbocycles. The number of nitrogens with one attached hydrogen (secondary N) is 1. The monoisotopic (exact) mass is 283 g/mol. The van der Waals surface area contributed by atoms with Crippen molar-refractivity contribution in [1.82, 2.24) is 5.32 Å². The largest absolute Gasteiger partial charge is 0.478 e. The summed E-state index contributed by atoms with van der Waals surface area (Å²) in [5.41, 5.74) is -0.147. The van der Waals surface area contributed by atoms with Crippen molar-refractivity contribution in [2.75, 3.05) is 32.5 Å². The Kier molecular flexibility index (Phi) is 12.4. The molecule has 0 aromatic heterocycles. The summed E-state index contributed by atoms with van der Waals surface area (Å²) < 4.78 is 14.9. The van der Waals surface area contributed by atoms with Crippen molar-refractivity contribution in [1.29, 1.82) is 0 Å². The zero-order chi connectivity index (χ0) is 14.6. The maximum atomic E-state index is 10.3. The zero-order valence-corrected chi connectivity index (χ0v) is 11.7. The second-order valence-electron chi connectivity index (χ2n) is 3.31. The van der Waals surface area contributed by atoms with E-state index in [0.29, 0.717) is 0 Å². The minimum atomic E-state index is -4.05. The first-order chi connectivity index (χ1) is 8.24. The van der Waals surface area contributed by atoms with Crippen molar-refractivity contribution in [3.8, 4) is 0 Å². The summed E-state index contributed by atoms with van der Waals surface area (Å²) >= 11 is 0. The van der Waals surface area contributed by atoms with Crippen LogP contribution in [0.4, 0.5) is 0 Å². The van der Waals surface area contributed by atoms with E-state index in [1.807, 2.05) is 0 Å². The molecule has 7 nitrogen and oxygen atoms in total. The van der Waals surface area contributed by atoms with Crippen LogP contribution in [-0.4, -0.2) is 53.3 Å². The zero-order valence-electron chi connectivity index (χ0n) is 10.8. The molecule has 0 aliphatic heterocycles. The number of rotatable bonds is 8. The highest BCUT2D eigenvalue weighted by Gasteiger charge is 2.12. The predicted molar refractivity (Wildman–Crippen MR) is 68.7 cm³/mol. The highest BCUT2D eigenvalue weighted by atomic mass is 31.2. The number of aliphatic carboxylic acids is 1. The first-order valence-corrected chi connectivity index (χ1v) is 7.28. The maximum Gasteiger partial charge on any atom is 0.333 e. The van der Waals surface area contributed by atoms with Crippen molar-refractivity contribution in [2.24, 2.45) is 0 Å². The molecule has 0 aliphatic carbocycles. The summed E-state index contributed by atoms with van der Waals surface area (Å²) in [6.45, 7) is 9.15. The molecular formula is C10H22NO6P. The van der Waals surface area contributed by atoms with E-state index in [2.05, 4.69) is 30.5 Å². The molecule has 0 heterocycles. The van der Waals surface area contributed by atoms with Gasteiger partial charge >= 0.3 is 13.6 Å². The molecule has 0 atom stereocenters. The smallest absolute Gasteiger partial charge is 0.333 e. The topological polar surface area (TPSA) is 116 Å². The van der Waals surface area contributed by atoms with Crippen LogP contribution in [-0.2, 0) is 14.1 Å². The maximum absolute atomic E-state index is 10.3. The van der Waals surface area contributed by atoms with Crippen molar-refractivity contribution in [3.05, 3.63) is 12.2 Å². The Balaban J connectivity index is 0. The van der Waals surface area contributed by atoms with Gasteiger partial charge in [-0.15, -0.1) is 0 Å². The van der Waals surface area contributed by atoms with Crippen molar-refractivity contribution in [3.63, 3.8) is 0 Å². The van der Waals surface area contributed by atoms with Crippen LogP contribution < -0.4 is 5.32 Å². The van der Waals surface area contributed by atoms with Crippen LogP contribution >= 0.6 is 7.60 Å². The van der Waals surface area contributed by atoms with Crippen LogP contribution in [0.15, 0.2) is 12.2 Å². The second kappa shape index (κ2) is 11.4. The van der Waals surface area contributed by atoms with Gasteiger partial charge in [0, 0.05) is 0 Å². The van der Waals surface area contributed by atoms with E-state index < -0.39 is 19.7 Å². The van der Waals surface area contributed by atoms with Gasteiger partial charge in [-0.3, -0.25) is 4.57 Å². The van der Waals surface area contributed by atoms with Gasteiger partial charge < -0.3 is 24.9 Å². The van der Waals surface area contributed by atoms with E-state index in [9.17, 15) is 9.36 Å². The number of hydrogen-bond donors (Lipinski definition) is 4. The molecule has 0 amide bonds. The average molecular weight is 283 g/mol. The molecule has 0 aromatic rings. The summed E-state index contributed by atoms with van der Waals surface area (Å²) in [4.78, 5) is 26.9. The van der Waals surface area contributed by atoms with Crippen LogP contribution in [0, 0.1) is 0 Å². The first kappa shape index (κ1) is 19.6. The highest BCUT2D eigenvalue weighted by Crippen LogP contribution is 2.33. The molecule has 4 N–H and O–H groups in total. The normalized spacial score (nSPS) is 10.4. The minimum Gasteiger partial charge on any atom is -0.478 e. The molecule has 0 saturated heterocycles. The molecule has 18 heavy (non-hydrogen) atoms. The Morgan fingerprint density at radius 1 is 1.33 bits per heavy atom. The van der Waals surface area contributed by atoms with Crippen molar-refractivity contribution < 1.29 is 29.0 Å². The third-order valence-electron chi connectivity index (χ3n) is 1.61. The lowest BCUT2D eigenvalue weighted by atomic mass is 10.3. The predicted octanol–water partition coefficient (Wildman–Crippen LogP) is 0.437. The first-order valence-electron chi connectivity index (χ1n) is 5.48. The molecule has 0 fully saturated rings. The Labute approximate surface area is 107 Å². The summed E-state index contributed by atoms with van der Waals surface area (Å²) in [6, 6.07) is 0. The summed E-state index contributed by atoms with van der Waals surface area (Å²) in [5.74, 6) is -1.18. The molecule has 0 spiro atoms. The minimum absolute atomic E-state index is 0.147. The number of carboxylic acid groups (broad SMARTS) is 1. The third-order valence-corrected chi connectivity index (χ3v) is 2.37. The lowest BCUT2D eigenvalue weighted by Gasteiger charge is -2.04. The van der Waals surface area contributed by atoms with E-state index in [4.69, 9.17) is 14.9 Å². The number of carbonyl (C=O) groups is 1. The summed E-state index contributed by atoms with van der Waals surface area (Å²) in [6.07, 6.45) is -0.417. The molecule has 108 valence electrons. The fraction of sp³-hybridized carbons (Fsp3) is 0.700. The van der Waals surface area contributed by atoms with Crippen LogP contribution in [0.3, 0.4) is 0 Å². The van der Waals surface area contributed by atoms with E-state index in [1.54, 1.807) is 0 Å². The van der Waals surface area contributed by atoms with Gasteiger partial charge in [0.1, 0.15) is 0 Å². The Morgan fingerprint density at radius 3 is 2.11 bits per heavy atom. The molecule has 0 aliphatic rings. The van der Waals surface area contributed by atoms with Gasteiger partial charge in [-0.2, -0.15) is 0 Å². The second-order valence-corrected chi connectivity index (χ2v) is 5.08. The summed E-state index contributed by atoms with van der Waals surface area (Å²) in [5, 5.41) is 11.4. The molecule has 0 saturated carbocycles. The van der Waals surface area contributed by atoms with Gasteiger partial charge in [-0.05, 0) is 13.1 Å². The van der Waals surface area contributed by atoms with Crippen LogP contribution in [0.25, 0.3) is 0 Å². The van der Waals surface area contributed by atoms with E-state index in [1.165, 1.54) is 0 Å². The van der Waals surface area contributed by atoms with Gasteiger partial charge in [-0.25, -0.2) is 4.79 Å². The Bertz CT molecular complexity index is 286. The van der Waals surface area contributed by atoms with Crippen molar-refractivity contribution in [2.45, 2.75) is 13.8 Å². The van der Waals surface area contributed by atoms with Gasteiger partial charge in [0.25, 0.3) is 0 Å². The molecule has 0 bridgehead atoms. The fourth-order valence-electron chi connectivity index (χ4n) is 0.691. The van der Waals surface area contributed by atoms with E-state index in [0.717, 1.165) is 13.1 Å². The van der Waals surface area contributed by atoms with Crippen molar-refractivity contribution >= 4 is 13.6 Å². The average Bonchev–Trinajstić information content (AvgIpc) is 2.24. The molecule has 0 rings (SSSR count). The lowest BCUT2D eigenvalue weighted by molar-refractivity contribution is -0.133. The van der Waals surface area contributed by atoms with Gasteiger partial charge in [0.2, 0.25) is 0 Å². The molecule has 8 heteroatoms. The van der Waals surface area contributed by atoms with E-state index in [-0.39, 0.29) is 18.8 Å². The number of hydrogen-bond acceptors (Lipinski definition) is 4. The van der Waals surface area contributed by atoms with Crippen LogP contribution in [0.2, 0.25) is 0 Å². The molecule has 0 unspecified atom stereocenters. The number of carboxylic acids is 1. The lowest BCUT2D eigenvalue weighted by Crippen LogP contribution is -2.09. The highest BCUT2D eigenvalue weighted by molar-refractivity contribution is 7.51. The molecule has 0 radical (unpaired) electrons. The van der Waals surface area contributed by atoms with Crippen LogP contribution in [0.5, 0.6) is 0 Å². The molecular weight excluding hydrogens is 261 g/mol. The number of ether oxygens (including phenoxy) is 1. The Hall–Kier alpha value is -0.720. The van der Waals surface area contributed by atoms with E-state index >= 15 is 0 Å². The third kappa shape index (κ3) is 17.7. The SMILES string of the molecule is C=C(COCCP(=O)(O)O)C(=O)O.CCNCC. The van der Waals surface area contributed by atoms with Gasteiger partial charge in [-0.1, -0.05) is 20.4 Å². The summed E-state index contributed by atoms with van der Waals surface area (Å²) in [7, 11) is -4.05. The standard InChI is InChI=1S/C6H11O6P.C4H11N/c1-5(6(7)8)4-12-2-3-13(9,10)11;1-3-5-4-2/h1-4H2,(H,7,8)(H2,9,10,11);5H,3-4H2,1-2H3. The van der Waals surface area contributed by atoms with Crippen LogP contribution in [0.1, 0.15) is 13.8 Å². The quantitative estimate of drug-likeness (QED) is 0.290. The fourth-order valence-corrected chi connectivity index (χ4v) is 1.06. The van der Waals surface area contributed by atoms with Gasteiger partial charge in [0.15, 0.2) is 0 Å². The van der Waals surface area contributed by atoms with Gasteiger partial charge in [0.05, 0.1) is 24.9 Å². The Morgan fingerprint density at radius 2 is 1.83 bits per heavy atom.